The number of Topliss-reactive ketones (excluding diaryl/α,β-unsaturated/α-hetero) is 1. The average Bonchev–Trinajstić information content (AvgIpc) is 3.16. The van der Waals surface area contributed by atoms with Crippen molar-refractivity contribution in [3.8, 4) is 0 Å². The third-order valence-corrected chi connectivity index (χ3v) is 11.2. The third-order valence-electron chi connectivity index (χ3n) is 10.6. The van der Waals surface area contributed by atoms with Gasteiger partial charge >= 0.3 is 11.9 Å². The van der Waals surface area contributed by atoms with Crippen LogP contribution in [0, 0.1) is 28.6 Å². The summed E-state index contributed by atoms with van der Waals surface area (Å²) >= 11 is 12.3. The summed E-state index contributed by atoms with van der Waals surface area (Å²) in [6.07, 6.45) is -0.371. The van der Waals surface area contributed by atoms with Gasteiger partial charge in [0.1, 0.15) is 6.17 Å². The fraction of sp³-hybridized carbons (Fsp3) is 0.562. The van der Waals surface area contributed by atoms with Gasteiger partial charge in [0, 0.05) is 29.1 Å². The Kier molecular flexibility index (Phi) is 7.97. The number of ether oxygens (including phenoxy) is 2. The first-order valence-corrected chi connectivity index (χ1v) is 15.2. The van der Waals surface area contributed by atoms with Gasteiger partial charge < -0.3 is 14.6 Å². The van der Waals surface area contributed by atoms with Gasteiger partial charge in [0.25, 0.3) is 0 Å². The summed E-state index contributed by atoms with van der Waals surface area (Å²) in [5, 5.41) is 11.8. The summed E-state index contributed by atoms with van der Waals surface area (Å²) in [6.45, 7) is 5.55. The summed E-state index contributed by atoms with van der Waals surface area (Å²) in [5.74, 6) is -5.46. The van der Waals surface area contributed by atoms with Gasteiger partial charge in [-0.3, -0.25) is 14.4 Å². The molecular weight excluding hydrogens is 605 g/mol. The van der Waals surface area contributed by atoms with Crippen molar-refractivity contribution >= 4 is 46.7 Å². The zero-order valence-corrected chi connectivity index (χ0v) is 25.8. The Balaban J connectivity index is 1.55. The summed E-state index contributed by atoms with van der Waals surface area (Å²) < 4.78 is 44.8. The number of esters is 2. The molecule has 3 saturated carbocycles. The third kappa shape index (κ3) is 4.36. The molecule has 5 rings (SSSR count). The van der Waals surface area contributed by atoms with Crippen LogP contribution in [0.4, 0.5) is 8.78 Å². The number of rotatable bonds is 6. The second-order valence-corrected chi connectivity index (χ2v) is 13.5. The van der Waals surface area contributed by atoms with E-state index in [2.05, 4.69) is 0 Å². The summed E-state index contributed by atoms with van der Waals surface area (Å²) in [4.78, 5) is 52.1. The summed E-state index contributed by atoms with van der Waals surface area (Å²) in [7, 11) is 0. The number of halogens is 4. The van der Waals surface area contributed by atoms with E-state index in [9.17, 15) is 24.3 Å². The number of carbonyl (C=O) groups excluding carboxylic acids is 4. The van der Waals surface area contributed by atoms with Crippen LogP contribution >= 0.6 is 23.2 Å². The van der Waals surface area contributed by atoms with Crippen LogP contribution in [0.15, 0.2) is 42.0 Å². The largest absolute Gasteiger partial charge is 0.454 e. The molecular formula is C32H34Cl2F2O7. The van der Waals surface area contributed by atoms with Gasteiger partial charge in [0.15, 0.2) is 18.1 Å². The minimum atomic E-state index is -2.38. The van der Waals surface area contributed by atoms with Crippen LogP contribution in [0.5, 0.6) is 0 Å². The molecule has 9 atom stereocenters. The minimum absolute atomic E-state index is 0.0210. The molecule has 232 valence electrons. The molecule has 0 heterocycles. The molecule has 3 fully saturated rings. The van der Waals surface area contributed by atoms with Crippen LogP contribution in [-0.2, 0) is 23.9 Å². The number of benzene rings is 1. The van der Waals surface area contributed by atoms with Crippen molar-refractivity contribution in [2.45, 2.75) is 76.9 Å². The van der Waals surface area contributed by atoms with E-state index in [1.807, 2.05) is 0 Å². The minimum Gasteiger partial charge on any atom is -0.454 e. The second-order valence-electron chi connectivity index (χ2n) is 12.7. The lowest BCUT2D eigenvalue weighted by Gasteiger charge is -2.63. The standard InChI is InChI=1S/C32H34Cl2F2O7/c1-5-26(40)43-32(28(41)42-15-24(38)27-21(33)7-6-8-22(27)34)16(2)11-18-19-13-23(35)20-12-17(37)9-10-29(20,3)31(19,36)25(39)14-30(18,32)4/h6-10,12,16,18-19,23,25,39H,5,11,13-15H2,1-4H3/t16-,18+,19+,23+,25+,29+,30+,31+,32+/m1/s1. The molecule has 0 amide bonds. The van der Waals surface area contributed by atoms with Crippen LogP contribution in [-0.4, -0.2) is 58.8 Å². The van der Waals surface area contributed by atoms with Crippen LogP contribution < -0.4 is 0 Å². The lowest BCUT2D eigenvalue weighted by molar-refractivity contribution is -0.238. The maximum Gasteiger partial charge on any atom is 0.351 e. The van der Waals surface area contributed by atoms with E-state index in [0.717, 1.165) is 6.08 Å². The molecule has 0 radical (unpaired) electrons. The van der Waals surface area contributed by atoms with Gasteiger partial charge in [-0.15, -0.1) is 0 Å². The van der Waals surface area contributed by atoms with Crippen molar-refractivity contribution < 1.29 is 42.5 Å². The molecule has 0 aliphatic heterocycles. The number of ketones is 2. The maximum atomic E-state index is 17.6. The van der Waals surface area contributed by atoms with Gasteiger partial charge in [0.2, 0.25) is 11.4 Å². The van der Waals surface area contributed by atoms with Crippen LogP contribution in [0.2, 0.25) is 10.0 Å². The molecule has 4 aliphatic rings. The van der Waals surface area contributed by atoms with Gasteiger partial charge in [-0.2, -0.15) is 0 Å². The van der Waals surface area contributed by atoms with E-state index >= 15 is 8.78 Å². The van der Waals surface area contributed by atoms with E-state index in [4.69, 9.17) is 32.7 Å². The van der Waals surface area contributed by atoms with E-state index in [1.54, 1.807) is 26.8 Å². The van der Waals surface area contributed by atoms with E-state index in [-0.39, 0.29) is 46.9 Å². The zero-order valence-electron chi connectivity index (χ0n) is 24.3. The van der Waals surface area contributed by atoms with Gasteiger partial charge in [-0.1, -0.05) is 56.1 Å². The highest BCUT2D eigenvalue weighted by atomic mass is 35.5. The Morgan fingerprint density at radius 2 is 1.77 bits per heavy atom. The molecule has 7 nitrogen and oxygen atoms in total. The smallest absolute Gasteiger partial charge is 0.351 e. The van der Waals surface area contributed by atoms with E-state index < -0.39 is 82.2 Å². The molecule has 11 heteroatoms. The van der Waals surface area contributed by atoms with Gasteiger partial charge in [-0.25, -0.2) is 13.6 Å². The first-order chi connectivity index (χ1) is 20.1. The predicted octanol–water partition coefficient (Wildman–Crippen LogP) is 5.98. The SMILES string of the molecule is CCC(=O)O[C@]1(C(=O)OCC(=O)c2c(Cl)cccc2Cl)[C@H](C)C[C@H]2[C@@H]3C[C@H](F)C4=CC(=O)C=C[C@]4(C)[C@@]3(F)[C@@H](O)C[C@@]21C. The number of aliphatic hydroxyl groups excluding tert-OH is 1. The van der Waals surface area contributed by atoms with Crippen molar-refractivity contribution in [2.24, 2.45) is 28.6 Å². The number of carbonyl (C=O) groups is 4. The Labute approximate surface area is 258 Å². The van der Waals surface area contributed by atoms with Crippen molar-refractivity contribution in [3.63, 3.8) is 0 Å². The molecule has 0 aromatic heterocycles. The highest BCUT2D eigenvalue weighted by Gasteiger charge is 2.78. The van der Waals surface area contributed by atoms with Crippen LogP contribution in [0.25, 0.3) is 0 Å². The molecule has 4 aliphatic carbocycles. The Bertz CT molecular complexity index is 1440. The highest BCUT2D eigenvalue weighted by Crippen LogP contribution is 2.71. The number of fused-ring (bicyclic) bond motifs is 5. The molecule has 1 aromatic carbocycles. The summed E-state index contributed by atoms with van der Waals surface area (Å²) in [6, 6.07) is 4.48. The predicted molar refractivity (Wildman–Crippen MR) is 154 cm³/mol. The lowest BCUT2D eigenvalue weighted by atomic mass is 9.44. The zero-order chi connectivity index (χ0) is 31.7. The van der Waals surface area contributed by atoms with E-state index in [0.29, 0.717) is 0 Å². The lowest BCUT2D eigenvalue weighted by Crippen LogP contribution is -2.71. The summed E-state index contributed by atoms with van der Waals surface area (Å²) in [5.41, 5.74) is -7.46. The molecule has 0 saturated heterocycles. The quantitative estimate of drug-likeness (QED) is 0.302. The normalized spacial score (nSPS) is 39.7. The van der Waals surface area contributed by atoms with E-state index in [1.165, 1.54) is 31.2 Å². The molecule has 0 spiro atoms. The average molecular weight is 640 g/mol. The number of aliphatic hydroxyl groups is 1. The number of hydrogen-bond acceptors (Lipinski definition) is 7. The molecule has 0 unspecified atom stereocenters. The van der Waals surface area contributed by atoms with Gasteiger partial charge in [-0.05, 0) is 62.0 Å². The van der Waals surface area contributed by atoms with Crippen LogP contribution in [0.3, 0.4) is 0 Å². The number of allylic oxidation sites excluding steroid dienone is 4. The van der Waals surface area contributed by atoms with Crippen molar-refractivity contribution in [2.75, 3.05) is 6.61 Å². The maximum absolute atomic E-state index is 17.6. The monoisotopic (exact) mass is 638 g/mol. The first kappa shape index (κ1) is 31.8. The number of hydrogen-bond donors (Lipinski definition) is 1. The van der Waals surface area contributed by atoms with Crippen molar-refractivity contribution in [3.05, 3.63) is 57.6 Å². The molecule has 43 heavy (non-hydrogen) atoms. The Morgan fingerprint density at radius 3 is 2.40 bits per heavy atom. The molecule has 0 bridgehead atoms. The Hall–Kier alpha value is -2.62. The molecule has 1 aromatic rings. The van der Waals surface area contributed by atoms with Crippen molar-refractivity contribution in [1.29, 1.82) is 0 Å². The van der Waals surface area contributed by atoms with Gasteiger partial charge in [0.05, 0.1) is 21.7 Å². The first-order valence-electron chi connectivity index (χ1n) is 14.4. The second kappa shape index (κ2) is 10.8. The van der Waals surface area contributed by atoms with Crippen LogP contribution in [0.1, 0.15) is 63.7 Å². The fourth-order valence-corrected chi connectivity index (χ4v) is 9.15. The fourth-order valence-electron chi connectivity index (χ4n) is 8.54. The topological polar surface area (TPSA) is 107 Å². The van der Waals surface area contributed by atoms with Crippen molar-refractivity contribution in [1.82, 2.24) is 0 Å². The number of alkyl halides is 2. The Morgan fingerprint density at radius 1 is 1.12 bits per heavy atom. The highest BCUT2D eigenvalue weighted by molar-refractivity contribution is 6.39. The molecule has 1 N–H and O–H groups in total.